The van der Waals surface area contributed by atoms with Crippen molar-refractivity contribution in [3.05, 3.63) is 35.6 Å². The molecule has 0 spiro atoms. The summed E-state index contributed by atoms with van der Waals surface area (Å²) in [5.74, 6) is -3.68. The van der Waals surface area contributed by atoms with Crippen LogP contribution in [-0.2, 0) is 16.1 Å². The van der Waals surface area contributed by atoms with E-state index in [1.165, 1.54) is 12.1 Å². The molecule has 0 saturated carbocycles. The fraction of sp³-hybridized carbons (Fsp3) is 0.333. The maximum Gasteiger partial charge on any atom is 0.308 e. The molecule has 0 aliphatic carbocycles. The summed E-state index contributed by atoms with van der Waals surface area (Å²) in [7, 11) is 0. The molecule has 0 aliphatic heterocycles. The van der Waals surface area contributed by atoms with E-state index in [1.807, 2.05) is 0 Å². The Morgan fingerprint density at radius 1 is 1.33 bits per heavy atom. The molecule has 0 aliphatic rings. The maximum absolute atomic E-state index is 12.9. The second kappa shape index (κ2) is 6.70. The largest absolute Gasteiger partial charge is 0.481 e. The zero-order chi connectivity index (χ0) is 13.5. The predicted octanol–water partition coefficient (Wildman–Crippen LogP) is 1.09. The van der Waals surface area contributed by atoms with E-state index in [0.29, 0.717) is 12.1 Å². The zero-order valence-corrected chi connectivity index (χ0v) is 9.60. The van der Waals surface area contributed by atoms with Crippen molar-refractivity contribution in [2.24, 2.45) is 5.92 Å². The van der Waals surface area contributed by atoms with Gasteiger partial charge in [0.25, 0.3) is 0 Å². The van der Waals surface area contributed by atoms with Crippen molar-refractivity contribution in [2.45, 2.75) is 13.0 Å². The van der Waals surface area contributed by atoms with Crippen LogP contribution in [0.2, 0.25) is 0 Å². The number of halogens is 1. The van der Waals surface area contributed by atoms with Crippen molar-refractivity contribution in [3.8, 4) is 0 Å². The van der Waals surface area contributed by atoms with E-state index in [2.05, 4.69) is 5.32 Å². The monoisotopic (exact) mass is 255 g/mol. The van der Waals surface area contributed by atoms with E-state index in [1.54, 1.807) is 12.1 Å². The van der Waals surface area contributed by atoms with Gasteiger partial charge in [-0.25, -0.2) is 4.39 Å². The number of carboxylic acid groups (broad SMARTS) is 2. The van der Waals surface area contributed by atoms with Crippen LogP contribution in [0.3, 0.4) is 0 Å². The Kier molecular flexibility index (Phi) is 5.26. The molecule has 0 aromatic heterocycles. The molecular weight excluding hydrogens is 241 g/mol. The summed E-state index contributed by atoms with van der Waals surface area (Å²) in [6.07, 6.45) is -0.439. The van der Waals surface area contributed by atoms with Crippen LogP contribution in [0, 0.1) is 11.7 Å². The molecule has 1 rings (SSSR count). The molecule has 0 bridgehead atoms. The molecule has 0 amide bonds. The van der Waals surface area contributed by atoms with Crippen LogP contribution >= 0.6 is 0 Å². The van der Waals surface area contributed by atoms with Gasteiger partial charge in [0.05, 0.1) is 12.3 Å². The molecule has 1 aromatic rings. The summed E-state index contributed by atoms with van der Waals surface area (Å²) in [4.78, 5) is 21.2. The lowest BCUT2D eigenvalue weighted by Gasteiger charge is -2.11. The van der Waals surface area contributed by atoms with Crippen molar-refractivity contribution >= 4 is 11.9 Å². The molecule has 0 fully saturated rings. The molecule has 1 atom stereocenters. The molecule has 3 N–H and O–H groups in total. The van der Waals surface area contributed by atoms with E-state index in [9.17, 15) is 14.0 Å². The highest BCUT2D eigenvalue weighted by Gasteiger charge is 2.20. The van der Waals surface area contributed by atoms with Crippen molar-refractivity contribution < 1.29 is 24.2 Å². The highest BCUT2D eigenvalue weighted by molar-refractivity contribution is 5.77. The molecule has 1 unspecified atom stereocenters. The average Bonchev–Trinajstić information content (AvgIpc) is 2.27. The molecule has 0 radical (unpaired) electrons. The molecule has 98 valence electrons. The molecule has 0 saturated heterocycles. The molecule has 6 heteroatoms. The minimum absolute atomic E-state index is 0.0259. The predicted molar refractivity (Wildman–Crippen MR) is 61.5 cm³/mol. The Morgan fingerprint density at radius 3 is 2.61 bits per heavy atom. The third-order valence-electron chi connectivity index (χ3n) is 2.38. The van der Waals surface area contributed by atoms with Gasteiger partial charge >= 0.3 is 11.9 Å². The summed E-state index contributed by atoms with van der Waals surface area (Å²) < 4.78 is 12.9. The van der Waals surface area contributed by atoms with Crippen LogP contribution in [0.1, 0.15) is 12.0 Å². The van der Waals surface area contributed by atoms with Crippen molar-refractivity contribution in [1.29, 1.82) is 0 Å². The van der Waals surface area contributed by atoms with Crippen molar-refractivity contribution in [2.75, 3.05) is 6.54 Å². The summed E-state index contributed by atoms with van der Waals surface area (Å²) in [5.41, 5.74) is 0.675. The van der Waals surface area contributed by atoms with Crippen LogP contribution < -0.4 is 5.32 Å². The standard InChI is InChI=1S/C12H14FNO4/c13-10-3-1-2-8(4-10)6-14-7-9(12(17)18)5-11(15)16/h1-4,9,14H,5-7H2,(H,15,16)(H,17,18). The van der Waals surface area contributed by atoms with Gasteiger partial charge in [-0.05, 0) is 17.7 Å². The van der Waals surface area contributed by atoms with Gasteiger partial charge in [-0.3, -0.25) is 9.59 Å². The second-order valence-electron chi connectivity index (χ2n) is 3.89. The number of aliphatic carboxylic acids is 2. The highest BCUT2D eigenvalue weighted by atomic mass is 19.1. The lowest BCUT2D eigenvalue weighted by Crippen LogP contribution is -2.30. The van der Waals surface area contributed by atoms with Crippen LogP contribution in [-0.4, -0.2) is 28.7 Å². The van der Waals surface area contributed by atoms with E-state index in [-0.39, 0.29) is 12.4 Å². The Labute approximate surface area is 103 Å². The normalized spacial score (nSPS) is 12.1. The summed E-state index contributed by atoms with van der Waals surface area (Å²) in [5, 5.41) is 20.1. The third kappa shape index (κ3) is 4.92. The Morgan fingerprint density at radius 2 is 2.06 bits per heavy atom. The molecule has 0 heterocycles. The quantitative estimate of drug-likeness (QED) is 0.679. The summed E-state index contributed by atoms with van der Waals surface area (Å²) in [6, 6.07) is 5.90. The topological polar surface area (TPSA) is 86.6 Å². The summed E-state index contributed by atoms with van der Waals surface area (Å²) in [6.45, 7) is 0.319. The lowest BCUT2D eigenvalue weighted by atomic mass is 10.1. The first-order chi connectivity index (χ1) is 8.49. The Bertz CT molecular complexity index is 436. The highest BCUT2D eigenvalue weighted by Crippen LogP contribution is 2.05. The number of nitrogens with one attached hydrogen (secondary N) is 1. The number of carboxylic acids is 2. The maximum atomic E-state index is 12.9. The van der Waals surface area contributed by atoms with Crippen LogP contribution in [0.5, 0.6) is 0 Å². The Balaban J connectivity index is 2.43. The smallest absolute Gasteiger partial charge is 0.308 e. The van der Waals surface area contributed by atoms with Crippen LogP contribution in [0.25, 0.3) is 0 Å². The molecular formula is C12H14FNO4. The number of carbonyl (C=O) groups is 2. The van der Waals surface area contributed by atoms with E-state index >= 15 is 0 Å². The molecule has 1 aromatic carbocycles. The van der Waals surface area contributed by atoms with Gasteiger partial charge in [0.15, 0.2) is 0 Å². The SMILES string of the molecule is O=C(O)CC(CNCc1cccc(F)c1)C(=O)O. The van der Waals surface area contributed by atoms with Gasteiger partial charge in [0.2, 0.25) is 0 Å². The van der Waals surface area contributed by atoms with Crippen molar-refractivity contribution in [3.63, 3.8) is 0 Å². The van der Waals surface area contributed by atoms with Crippen molar-refractivity contribution in [1.82, 2.24) is 5.32 Å². The number of hydrogen-bond acceptors (Lipinski definition) is 3. The first-order valence-corrected chi connectivity index (χ1v) is 5.39. The molecule has 18 heavy (non-hydrogen) atoms. The van der Waals surface area contributed by atoms with Gasteiger partial charge in [0, 0.05) is 13.1 Å². The number of benzene rings is 1. The fourth-order valence-corrected chi connectivity index (χ4v) is 1.50. The van der Waals surface area contributed by atoms with Gasteiger partial charge in [-0.15, -0.1) is 0 Å². The number of rotatable bonds is 7. The van der Waals surface area contributed by atoms with E-state index < -0.39 is 24.3 Å². The lowest BCUT2D eigenvalue weighted by molar-refractivity contribution is -0.148. The number of hydrogen-bond donors (Lipinski definition) is 3. The minimum Gasteiger partial charge on any atom is -0.481 e. The van der Waals surface area contributed by atoms with Crippen LogP contribution in [0.15, 0.2) is 24.3 Å². The fourth-order valence-electron chi connectivity index (χ4n) is 1.50. The third-order valence-corrected chi connectivity index (χ3v) is 2.38. The summed E-state index contributed by atoms with van der Waals surface area (Å²) >= 11 is 0. The average molecular weight is 255 g/mol. The first-order valence-electron chi connectivity index (χ1n) is 5.39. The van der Waals surface area contributed by atoms with Gasteiger partial charge in [0.1, 0.15) is 5.82 Å². The second-order valence-corrected chi connectivity index (χ2v) is 3.89. The van der Waals surface area contributed by atoms with E-state index in [4.69, 9.17) is 10.2 Å². The first kappa shape index (κ1) is 14.1. The van der Waals surface area contributed by atoms with Gasteiger partial charge < -0.3 is 15.5 Å². The zero-order valence-electron chi connectivity index (χ0n) is 9.60. The van der Waals surface area contributed by atoms with E-state index in [0.717, 1.165) is 0 Å². The van der Waals surface area contributed by atoms with Gasteiger partial charge in [-0.1, -0.05) is 12.1 Å². The minimum atomic E-state index is -1.16. The van der Waals surface area contributed by atoms with Gasteiger partial charge in [-0.2, -0.15) is 0 Å². The Hall–Kier alpha value is -1.95. The van der Waals surface area contributed by atoms with Crippen LogP contribution in [0.4, 0.5) is 4.39 Å². The molecule has 5 nitrogen and oxygen atoms in total.